The number of nitrogens with zero attached hydrogens (tertiary/aromatic N) is 1. The fourth-order valence-corrected chi connectivity index (χ4v) is 1.65. The highest BCUT2D eigenvalue weighted by Crippen LogP contribution is 2.33. The molecule has 2 aromatic rings. The molecule has 74 valence electrons. The van der Waals surface area contributed by atoms with Crippen molar-refractivity contribution in [2.45, 2.75) is 6.92 Å². The van der Waals surface area contributed by atoms with Gasteiger partial charge in [-0.15, -0.1) is 0 Å². The number of nitrogen functional groups attached to an aromatic ring is 1. The van der Waals surface area contributed by atoms with Gasteiger partial charge in [0.15, 0.2) is 11.6 Å². The second-order valence-corrected chi connectivity index (χ2v) is 3.40. The summed E-state index contributed by atoms with van der Waals surface area (Å²) in [6.45, 7) is 1.90. The zero-order chi connectivity index (χ0) is 10.5. The highest BCUT2D eigenvalue weighted by Gasteiger charge is 2.13. The van der Waals surface area contributed by atoms with Crippen LogP contribution in [0.15, 0.2) is 12.1 Å². The summed E-state index contributed by atoms with van der Waals surface area (Å²) >= 11 is 0. The first kappa shape index (κ1) is 8.87. The van der Waals surface area contributed by atoms with Gasteiger partial charge in [-0.3, -0.25) is 0 Å². The van der Waals surface area contributed by atoms with Crippen molar-refractivity contribution in [2.75, 3.05) is 5.73 Å². The van der Waals surface area contributed by atoms with E-state index in [4.69, 9.17) is 5.73 Å². The standard InChI is InChI=1S/C10H11FN2O/c1-5-3-6-4-7(11)10(14)8(12)9(6)13(5)2/h3-4,14H,12H2,1-2H3. The van der Waals surface area contributed by atoms with Gasteiger partial charge in [0.25, 0.3) is 0 Å². The zero-order valence-electron chi connectivity index (χ0n) is 8.00. The lowest BCUT2D eigenvalue weighted by molar-refractivity contribution is 0.436. The quantitative estimate of drug-likeness (QED) is 0.497. The third-order valence-electron chi connectivity index (χ3n) is 2.52. The Labute approximate surface area is 80.6 Å². The Bertz CT molecular complexity index is 517. The van der Waals surface area contributed by atoms with Crippen LogP contribution in [0, 0.1) is 12.7 Å². The molecule has 2 rings (SSSR count). The van der Waals surface area contributed by atoms with Gasteiger partial charge in [0.2, 0.25) is 0 Å². The van der Waals surface area contributed by atoms with Crippen LogP contribution in [0.1, 0.15) is 5.69 Å². The Morgan fingerprint density at radius 2 is 2.07 bits per heavy atom. The van der Waals surface area contributed by atoms with Gasteiger partial charge in [0, 0.05) is 18.1 Å². The predicted molar refractivity (Wildman–Crippen MR) is 53.7 cm³/mol. The van der Waals surface area contributed by atoms with E-state index in [-0.39, 0.29) is 5.69 Å². The van der Waals surface area contributed by atoms with E-state index in [1.165, 1.54) is 6.07 Å². The summed E-state index contributed by atoms with van der Waals surface area (Å²) in [6, 6.07) is 3.11. The van der Waals surface area contributed by atoms with Gasteiger partial charge in [-0.2, -0.15) is 0 Å². The summed E-state index contributed by atoms with van der Waals surface area (Å²) in [6.07, 6.45) is 0. The maximum Gasteiger partial charge on any atom is 0.176 e. The Morgan fingerprint density at radius 1 is 1.43 bits per heavy atom. The number of fused-ring (bicyclic) bond motifs is 1. The molecule has 0 atom stereocenters. The number of aromatic nitrogens is 1. The molecule has 0 saturated carbocycles. The van der Waals surface area contributed by atoms with Gasteiger partial charge in [-0.25, -0.2) is 4.39 Å². The second-order valence-electron chi connectivity index (χ2n) is 3.40. The summed E-state index contributed by atoms with van der Waals surface area (Å²) in [4.78, 5) is 0. The molecule has 0 radical (unpaired) electrons. The lowest BCUT2D eigenvalue weighted by Crippen LogP contribution is -1.96. The third-order valence-corrected chi connectivity index (χ3v) is 2.52. The number of aryl methyl sites for hydroxylation is 2. The number of phenolic OH excluding ortho intramolecular Hbond substituents is 1. The summed E-state index contributed by atoms with van der Waals surface area (Å²) in [7, 11) is 1.82. The average molecular weight is 194 g/mol. The molecule has 0 aliphatic carbocycles. The minimum Gasteiger partial charge on any atom is -0.503 e. The van der Waals surface area contributed by atoms with E-state index in [0.29, 0.717) is 10.9 Å². The molecule has 1 aromatic carbocycles. The number of rotatable bonds is 0. The molecule has 0 unspecified atom stereocenters. The predicted octanol–water partition coefficient (Wildman–Crippen LogP) is 1.91. The van der Waals surface area contributed by atoms with Gasteiger partial charge in [0.05, 0.1) is 5.52 Å². The van der Waals surface area contributed by atoms with Crippen LogP contribution in [0.25, 0.3) is 10.9 Å². The fraction of sp³-hybridized carbons (Fsp3) is 0.200. The Balaban J connectivity index is 2.99. The summed E-state index contributed by atoms with van der Waals surface area (Å²) in [5, 5.41) is 10.0. The second kappa shape index (κ2) is 2.64. The molecule has 0 bridgehead atoms. The number of hydrogen-bond acceptors (Lipinski definition) is 2. The molecule has 1 heterocycles. The molecule has 0 amide bonds. The van der Waals surface area contributed by atoms with E-state index in [1.807, 2.05) is 24.6 Å². The van der Waals surface area contributed by atoms with Crippen LogP contribution in [0.2, 0.25) is 0 Å². The summed E-state index contributed by atoms with van der Waals surface area (Å²) in [5.74, 6) is -1.15. The highest BCUT2D eigenvalue weighted by atomic mass is 19.1. The zero-order valence-corrected chi connectivity index (χ0v) is 8.00. The van der Waals surface area contributed by atoms with Crippen LogP contribution in [-0.2, 0) is 7.05 Å². The molecule has 0 saturated heterocycles. The molecule has 4 heteroatoms. The molecule has 0 aliphatic rings. The van der Waals surface area contributed by atoms with E-state index in [0.717, 1.165) is 5.69 Å². The molecule has 0 fully saturated rings. The van der Waals surface area contributed by atoms with Crippen LogP contribution in [0.3, 0.4) is 0 Å². The highest BCUT2D eigenvalue weighted by molar-refractivity contribution is 5.94. The van der Waals surface area contributed by atoms with Crippen molar-refractivity contribution in [3.8, 4) is 5.75 Å². The van der Waals surface area contributed by atoms with Crippen molar-refractivity contribution >= 4 is 16.6 Å². The average Bonchev–Trinajstić information content (AvgIpc) is 2.39. The first-order valence-electron chi connectivity index (χ1n) is 4.25. The van der Waals surface area contributed by atoms with Crippen molar-refractivity contribution in [3.63, 3.8) is 0 Å². The Kier molecular flexibility index (Phi) is 1.67. The number of phenols is 1. The third kappa shape index (κ3) is 0.968. The molecular weight excluding hydrogens is 183 g/mol. The molecule has 3 nitrogen and oxygen atoms in total. The monoisotopic (exact) mass is 194 g/mol. The summed E-state index contributed by atoms with van der Waals surface area (Å²) < 4.78 is 14.9. The van der Waals surface area contributed by atoms with Crippen molar-refractivity contribution in [1.82, 2.24) is 4.57 Å². The van der Waals surface area contributed by atoms with E-state index in [2.05, 4.69) is 0 Å². The smallest absolute Gasteiger partial charge is 0.176 e. The van der Waals surface area contributed by atoms with Crippen molar-refractivity contribution in [1.29, 1.82) is 0 Å². The van der Waals surface area contributed by atoms with Crippen LogP contribution in [-0.4, -0.2) is 9.67 Å². The Morgan fingerprint density at radius 3 is 2.71 bits per heavy atom. The number of halogens is 1. The van der Waals surface area contributed by atoms with Crippen LogP contribution < -0.4 is 5.73 Å². The molecule has 1 aromatic heterocycles. The molecule has 3 N–H and O–H groups in total. The van der Waals surface area contributed by atoms with E-state index < -0.39 is 11.6 Å². The maximum atomic E-state index is 13.1. The number of hydrogen-bond donors (Lipinski definition) is 2. The van der Waals surface area contributed by atoms with Crippen molar-refractivity contribution in [3.05, 3.63) is 23.6 Å². The van der Waals surface area contributed by atoms with Gasteiger partial charge in [-0.1, -0.05) is 0 Å². The normalized spacial score (nSPS) is 11.1. The van der Waals surface area contributed by atoms with E-state index >= 15 is 0 Å². The number of aromatic hydroxyl groups is 1. The van der Waals surface area contributed by atoms with Gasteiger partial charge >= 0.3 is 0 Å². The minimum absolute atomic E-state index is 0.0931. The SMILES string of the molecule is Cc1cc2cc(F)c(O)c(N)c2n1C. The Hall–Kier alpha value is -1.71. The molecule has 0 aliphatic heterocycles. The maximum absolute atomic E-state index is 13.1. The van der Waals surface area contributed by atoms with Crippen LogP contribution in [0.5, 0.6) is 5.75 Å². The van der Waals surface area contributed by atoms with Gasteiger partial charge in [-0.05, 0) is 19.1 Å². The largest absolute Gasteiger partial charge is 0.503 e. The molecule has 14 heavy (non-hydrogen) atoms. The summed E-state index contributed by atoms with van der Waals surface area (Å²) in [5.41, 5.74) is 7.35. The van der Waals surface area contributed by atoms with Gasteiger partial charge in [0.1, 0.15) is 5.69 Å². The molecule has 0 spiro atoms. The van der Waals surface area contributed by atoms with E-state index in [1.54, 1.807) is 0 Å². The minimum atomic E-state index is -0.680. The lowest BCUT2D eigenvalue weighted by atomic mass is 10.2. The first-order valence-corrected chi connectivity index (χ1v) is 4.25. The molecular formula is C10H11FN2O. The van der Waals surface area contributed by atoms with Crippen LogP contribution in [0.4, 0.5) is 10.1 Å². The van der Waals surface area contributed by atoms with Crippen molar-refractivity contribution in [2.24, 2.45) is 7.05 Å². The van der Waals surface area contributed by atoms with E-state index in [9.17, 15) is 9.50 Å². The lowest BCUT2D eigenvalue weighted by Gasteiger charge is -2.05. The van der Waals surface area contributed by atoms with Crippen LogP contribution >= 0.6 is 0 Å². The number of benzene rings is 1. The number of nitrogens with two attached hydrogens (primary N) is 1. The van der Waals surface area contributed by atoms with Gasteiger partial charge < -0.3 is 15.4 Å². The first-order chi connectivity index (χ1) is 6.52. The number of anilines is 1. The topological polar surface area (TPSA) is 51.2 Å². The fourth-order valence-electron chi connectivity index (χ4n) is 1.65. The van der Waals surface area contributed by atoms with Crippen molar-refractivity contribution < 1.29 is 9.50 Å².